The molecule has 0 fully saturated rings. The summed E-state index contributed by atoms with van der Waals surface area (Å²) in [6, 6.07) is 5.80. The molecule has 6 nitrogen and oxygen atoms in total. The molecule has 0 radical (unpaired) electrons. The molecule has 0 amide bonds. The summed E-state index contributed by atoms with van der Waals surface area (Å²) in [5.74, 6) is 0.477. The second kappa shape index (κ2) is 5.79. The largest absolute Gasteiger partial charge is 0.361 e. The van der Waals surface area contributed by atoms with Crippen LogP contribution in [0.4, 0.5) is 0 Å². The van der Waals surface area contributed by atoms with Crippen molar-refractivity contribution < 1.29 is 17.7 Å². The predicted molar refractivity (Wildman–Crippen MR) is 76.4 cm³/mol. The Balaban J connectivity index is 2.17. The van der Waals surface area contributed by atoms with Crippen molar-refractivity contribution in [2.45, 2.75) is 32.2 Å². The number of hydrogen-bond acceptors (Lipinski definition) is 5. The number of aromatic nitrogens is 1. The smallest absolute Gasteiger partial charge is 0.240 e. The number of aryl methyl sites for hydroxylation is 2. The molecule has 1 aromatic heterocycles. The third-order valence-corrected chi connectivity index (χ3v) is 4.61. The van der Waals surface area contributed by atoms with Crippen molar-refractivity contribution >= 4 is 15.8 Å². The van der Waals surface area contributed by atoms with Gasteiger partial charge in [-0.15, -0.1) is 0 Å². The highest BCUT2D eigenvalue weighted by Gasteiger charge is 2.17. The van der Waals surface area contributed by atoms with Crippen LogP contribution in [-0.4, -0.2) is 19.4 Å². The van der Waals surface area contributed by atoms with E-state index in [1.807, 2.05) is 0 Å². The number of nitrogens with zero attached hydrogens (tertiary/aromatic N) is 1. The molecule has 0 atom stereocenters. The molecular formula is C14H16N2O4S. The number of Topliss-reactive ketones (excluding diaryl/α,β-unsaturated/α-hetero) is 1. The van der Waals surface area contributed by atoms with Crippen LogP contribution in [-0.2, 0) is 16.6 Å². The zero-order valence-electron chi connectivity index (χ0n) is 12.0. The van der Waals surface area contributed by atoms with E-state index in [9.17, 15) is 13.2 Å². The van der Waals surface area contributed by atoms with Crippen LogP contribution in [0.1, 0.15) is 34.3 Å². The molecule has 0 bridgehead atoms. The fourth-order valence-corrected chi connectivity index (χ4v) is 2.87. The zero-order valence-corrected chi connectivity index (χ0v) is 12.8. The summed E-state index contributed by atoms with van der Waals surface area (Å²) in [6.07, 6.45) is 0. The highest BCUT2D eigenvalue weighted by molar-refractivity contribution is 7.89. The van der Waals surface area contributed by atoms with Gasteiger partial charge in [0.2, 0.25) is 10.0 Å². The molecule has 0 aliphatic carbocycles. The third-order valence-electron chi connectivity index (χ3n) is 3.19. The molecule has 2 rings (SSSR count). The third kappa shape index (κ3) is 3.37. The maximum absolute atomic E-state index is 12.2. The fraction of sp³-hybridized carbons (Fsp3) is 0.286. The second-order valence-corrected chi connectivity index (χ2v) is 6.47. The first-order valence-electron chi connectivity index (χ1n) is 6.33. The van der Waals surface area contributed by atoms with Gasteiger partial charge in [0.25, 0.3) is 0 Å². The van der Waals surface area contributed by atoms with Crippen molar-refractivity contribution in [2.24, 2.45) is 0 Å². The van der Waals surface area contributed by atoms with E-state index in [2.05, 4.69) is 9.88 Å². The summed E-state index contributed by atoms with van der Waals surface area (Å²) < 4.78 is 31.8. The van der Waals surface area contributed by atoms with Gasteiger partial charge in [-0.05, 0) is 32.9 Å². The Kier molecular flexibility index (Phi) is 4.24. The molecule has 0 unspecified atom stereocenters. The molecule has 2 aromatic rings. The van der Waals surface area contributed by atoms with E-state index in [4.69, 9.17) is 4.52 Å². The van der Waals surface area contributed by atoms with E-state index in [0.29, 0.717) is 17.0 Å². The van der Waals surface area contributed by atoms with Gasteiger partial charge in [-0.2, -0.15) is 0 Å². The van der Waals surface area contributed by atoms with Crippen LogP contribution in [0, 0.1) is 13.8 Å². The molecule has 0 saturated heterocycles. The van der Waals surface area contributed by atoms with Crippen molar-refractivity contribution in [1.29, 1.82) is 0 Å². The first kappa shape index (κ1) is 15.4. The monoisotopic (exact) mass is 308 g/mol. The molecule has 21 heavy (non-hydrogen) atoms. The zero-order chi connectivity index (χ0) is 15.6. The van der Waals surface area contributed by atoms with E-state index >= 15 is 0 Å². The van der Waals surface area contributed by atoms with Gasteiger partial charge in [-0.3, -0.25) is 4.79 Å². The van der Waals surface area contributed by atoms with Crippen LogP contribution >= 0.6 is 0 Å². The van der Waals surface area contributed by atoms with Crippen LogP contribution in [0.5, 0.6) is 0 Å². The summed E-state index contributed by atoms with van der Waals surface area (Å²) in [5.41, 5.74) is 1.85. The summed E-state index contributed by atoms with van der Waals surface area (Å²) >= 11 is 0. The molecule has 112 valence electrons. The fourth-order valence-electron chi connectivity index (χ4n) is 1.87. The summed E-state index contributed by atoms with van der Waals surface area (Å²) in [5, 5.41) is 3.77. The SMILES string of the molecule is CC(=O)c1ccc(S(=O)(=O)NCc2c(C)noc2C)cc1. The van der Waals surface area contributed by atoms with Gasteiger partial charge < -0.3 is 4.52 Å². The van der Waals surface area contributed by atoms with Crippen molar-refractivity contribution in [2.75, 3.05) is 0 Å². The highest BCUT2D eigenvalue weighted by atomic mass is 32.2. The van der Waals surface area contributed by atoms with Gasteiger partial charge in [0, 0.05) is 17.7 Å². The van der Waals surface area contributed by atoms with Crippen molar-refractivity contribution in [3.8, 4) is 0 Å². The Bertz CT molecular complexity index is 741. The molecule has 0 aliphatic heterocycles. The molecule has 1 aromatic carbocycles. The Morgan fingerprint density at radius 2 is 1.86 bits per heavy atom. The maximum atomic E-state index is 12.2. The highest BCUT2D eigenvalue weighted by Crippen LogP contribution is 2.15. The second-order valence-electron chi connectivity index (χ2n) is 4.71. The number of hydrogen-bond donors (Lipinski definition) is 1. The standard InChI is InChI=1S/C14H16N2O4S/c1-9-14(11(3)20-16-9)8-15-21(18,19)13-6-4-12(5-7-13)10(2)17/h4-7,15H,8H2,1-3H3. The minimum atomic E-state index is -3.64. The normalized spacial score (nSPS) is 11.6. The van der Waals surface area contributed by atoms with Gasteiger partial charge in [0.1, 0.15) is 5.76 Å². The van der Waals surface area contributed by atoms with Gasteiger partial charge in [0.05, 0.1) is 10.6 Å². The lowest BCUT2D eigenvalue weighted by Gasteiger charge is -2.07. The molecule has 0 aliphatic rings. The van der Waals surface area contributed by atoms with Crippen LogP contribution < -0.4 is 4.72 Å². The topological polar surface area (TPSA) is 89.3 Å². The van der Waals surface area contributed by atoms with Gasteiger partial charge in [0.15, 0.2) is 5.78 Å². The molecule has 1 heterocycles. The maximum Gasteiger partial charge on any atom is 0.240 e. The number of nitrogens with one attached hydrogen (secondary N) is 1. The summed E-state index contributed by atoms with van der Waals surface area (Å²) in [6.45, 7) is 5.02. The Morgan fingerprint density at radius 3 is 2.33 bits per heavy atom. The molecule has 7 heteroatoms. The van der Waals surface area contributed by atoms with Crippen molar-refractivity contribution in [3.05, 3.63) is 46.8 Å². The van der Waals surface area contributed by atoms with Crippen LogP contribution in [0.2, 0.25) is 0 Å². The Morgan fingerprint density at radius 1 is 1.24 bits per heavy atom. The predicted octanol–water partition coefficient (Wildman–Crippen LogP) is 1.97. The van der Waals surface area contributed by atoms with Crippen molar-refractivity contribution in [1.82, 2.24) is 9.88 Å². The minimum Gasteiger partial charge on any atom is -0.361 e. The number of benzene rings is 1. The first-order valence-corrected chi connectivity index (χ1v) is 7.82. The first-order chi connectivity index (χ1) is 9.81. The van der Waals surface area contributed by atoms with Crippen molar-refractivity contribution in [3.63, 3.8) is 0 Å². The summed E-state index contributed by atoms with van der Waals surface area (Å²) in [7, 11) is -3.64. The minimum absolute atomic E-state index is 0.109. The van der Waals surface area contributed by atoms with Crippen LogP contribution in [0.15, 0.2) is 33.7 Å². The molecule has 0 saturated carbocycles. The molecule has 1 N–H and O–H groups in total. The summed E-state index contributed by atoms with van der Waals surface area (Å²) in [4.78, 5) is 11.3. The van der Waals surface area contributed by atoms with E-state index in [-0.39, 0.29) is 17.2 Å². The molecular weight excluding hydrogens is 292 g/mol. The average Bonchev–Trinajstić information content (AvgIpc) is 2.76. The van der Waals surface area contributed by atoms with E-state index in [0.717, 1.165) is 5.56 Å². The average molecular weight is 308 g/mol. The quantitative estimate of drug-likeness (QED) is 0.853. The number of carbonyl (C=O) groups is 1. The lowest BCUT2D eigenvalue weighted by Crippen LogP contribution is -2.23. The lowest BCUT2D eigenvalue weighted by molar-refractivity contribution is 0.101. The van der Waals surface area contributed by atoms with Crippen LogP contribution in [0.3, 0.4) is 0 Å². The molecule has 0 spiro atoms. The number of ketones is 1. The van der Waals surface area contributed by atoms with E-state index in [1.165, 1.54) is 31.2 Å². The number of sulfonamides is 1. The Labute approximate surface area is 123 Å². The van der Waals surface area contributed by atoms with E-state index < -0.39 is 10.0 Å². The van der Waals surface area contributed by atoms with Gasteiger partial charge in [-0.1, -0.05) is 17.3 Å². The number of rotatable bonds is 5. The number of carbonyl (C=O) groups excluding carboxylic acids is 1. The van der Waals surface area contributed by atoms with E-state index in [1.54, 1.807) is 13.8 Å². The van der Waals surface area contributed by atoms with Gasteiger partial charge >= 0.3 is 0 Å². The Hall–Kier alpha value is -1.99. The lowest BCUT2D eigenvalue weighted by atomic mass is 10.2. The van der Waals surface area contributed by atoms with Crippen LogP contribution in [0.25, 0.3) is 0 Å². The van der Waals surface area contributed by atoms with Gasteiger partial charge in [-0.25, -0.2) is 13.1 Å².